The Labute approximate surface area is 97.4 Å². The maximum absolute atomic E-state index is 8.71. The fourth-order valence-electron chi connectivity index (χ4n) is 0.857. The van der Waals surface area contributed by atoms with E-state index in [1.165, 1.54) is 0 Å². The highest BCUT2D eigenvalue weighted by atomic mass is 79.9. The summed E-state index contributed by atoms with van der Waals surface area (Å²) in [5.41, 5.74) is 5.84. The van der Waals surface area contributed by atoms with Crippen LogP contribution in [0, 0.1) is 11.3 Å². The summed E-state index contributed by atoms with van der Waals surface area (Å²) in [6, 6.07) is 7.31. The van der Waals surface area contributed by atoms with Crippen molar-refractivity contribution in [1.82, 2.24) is 0 Å². The Balaban J connectivity index is 0.00000169. The third-order valence-corrected chi connectivity index (χ3v) is 2.14. The molecule has 0 spiro atoms. The SMILES string of the molecule is Cl.N#Cc1cc(OCCN)ccc1Br. The average Bonchev–Trinajstić information content (AvgIpc) is 2.16. The molecule has 3 nitrogen and oxygen atoms in total. The maximum atomic E-state index is 8.71. The standard InChI is InChI=1S/C9H9BrN2O.ClH/c10-9-2-1-8(13-4-3-11)5-7(9)6-12;/h1-2,5H,3-4,11H2;1H. The molecule has 0 unspecified atom stereocenters. The van der Waals surface area contributed by atoms with Crippen LogP contribution in [0.15, 0.2) is 22.7 Å². The molecule has 0 heterocycles. The number of nitrogens with two attached hydrogens (primary N) is 1. The molecule has 2 N–H and O–H groups in total. The van der Waals surface area contributed by atoms with Gasteiger partial charge in [0.2, 0.25) is 0 Å². The number of benzene rings is 1. The van der Waals surface area contributed by atoms with E-state index in [1.807, 2.05) is 0 Å². The van der Waals surface area contributed by atoms with Crippen molar-refractivity contribution in [3.63, 3.8) is 0 Å². The molecule has 0 radical (unpaired) electrons. The molecule has 5 heteroatoms. The molecule has 1 rings (SSSR count). The molecule has 0 bridgehead atoms. The van der Waals surface area contributed by atoms with Gasteiger partial charge in [0.25, 0.3) is 0 Å². The van der Waals surface area contributed by atoms with Crippen molar-refractivity contribution in [3.05, 3.63) is 28.2 Å². The van der Waals surface area contributed by atoms with Crippen LogP contribution in [-0.4, -0.2) is 13.2 Å². The van der Waals surface area contributed by atoms with Gasteiger partial charge in [0.15, 0.2) is 0 Å². The summed E-state index contributed by atoms with van der Waals surface area (Å²) in [5.74, 6) is 0.671. The van der Waals surface area contributed by atoms with Gasteiger partial charge in [-0.05, 0) is 34.1 Å². The number of hydrogen-bond acceptors (Lipinski definition) is 3. The van der Waals surface area contributed by atoms with Gasteiger partial charge in [0, 0.05) is 11.0 Å². The van der Waals surface area contributed by atoms with E-state index in [2.05, 4.69) is 22.0 Å². The van der Waals surface area contributed by atoms with Gasteiger partial charge in [-0.3, -0.25) is 0 Å². The first-order valence-corrected chi connectivity index (χ1v) is 4.59. The van der Waals surface area contributed by atoms with Crippen LogP contribution in [-0.2, 0) is 0 Å². The minimum Gasteiger partial charge on any atom is -0.492 e. The second kappa shape index (κ2) is 6.66. The monoisotopic (exact) mass is 276 g/mol. The van der Waals surface area contributed by atoms with Gasteiger partial charge in [-0.25, -0.2) is 0 Å². The van der Waals surface area contributed by atoms with Gasteiger partial charge < -0.3 is 10.5 Å². The number of rotatable bonds is 3. The van der Waals surface area contributed by atoms with E-state index in [0.29, 0.717) is 24.5 Å². The molecule has 14 heavy (non-hydrogen) atoms. The minimum atomic E-state index is 0. The molecule has 1 aromatic rings. The Morgan fingerprint density at radius 2 is 2.21 bits per heavy atom. The van der Waals surface area contributed by atoms with Crippen molar-refractivity contribution in [2.45, 2.75) is 0 Å². The maximum Gasteiger partial charge on any atom is 0.120 e. The zero-order valence-electron chi connectivity index (χ0n) is 7.37. The van der Waals surface area contributed by atoms with Gasteiger partial charge in [0.1, 0.15) is 18.4 Å². The molecule has 1 aromatic carbocycles. The number of nitrogens with zero attached hydrogens (tertiary/aromatic N) is 1. The van der Waals surface area contributed by atoms with Crippen molar-refractivity contribution >= 4 is 28.3 Å². The van der Waals surface area contributed by atoms with Crippen LogP contribution in [0.4, 0.5) is 0 Å². The van der Waals surface area contributed by atoms with Crippen molar-refractivity contribution in [2.75, 3.05) is 13.2 Å². The highest BCUT2D eigenvalue weighted by molar-refractivity contribution is 9.10. The lowest BCUT2D eigenvalue weighted by molar-refractivity contribution is 0.328. The molecule has 0 saturated carbocycles. The van der Waals surface area contributed by atoms with E-state index in [9.17, 15) is 0 Å². The number of nitriles is 1. The van der Waals surface area contributed by atoms with E-state index in [0.717, 1.165) is 4.47 Å². The summed E-state index contributed by atoms with van der Waals surface area (Å²) in [6.07, 6.45) is 0. The average molecular weight is 278 g/mol. The summed E-state index contributed by atoms with van der Waals surface area (Å²) in [4.78, 5) is 0. The van der Waals surface area contributed by atoms with Crippen LogP contribution < -0.4 is 10.5 Å². The molecule has 0 amide bonds. The summed E-state index contributed by atoms with van der Waals surface area (Å²) < 4.78 is 6.03. The van der Waals surface area contributed by atoms with E-state index < -0.39 is 0 Å². The predicted octanol–water partition coefficient (Wildman–Crippen LogP) is 2.08. The zero-order chi connectivity index (χ0) is 9.68. The molecule has 0 fully saturated rings. The third kappa shape index (κ3) is 3.54. The summed E-state index contributed by atoms with van der Waals surface area (Å²) >= 11 is 3.26. The Morgan fingerprint density at radius 3 is 2.79 bits per heavy atom. The highest BCUT2D eigenvalue weighted by Gasteiger charge is 2.00. The van der Waals surface area contributed by atoms with Gasteiger partial charge in [-0.2, -0.15) is 5.26 Å². The Bertz CT molecular complexity index is 338. The Kier molecular flexibility index (Phi) is 6.30. The normalized spacial score (nSPS) is 8.64. The van der Waals surface area contributed by atoms with Gasteiger partial charge >= 0.3 is 0 Å². The predicted molar refractivity (Wildman–Crippen MR) is 60.7 cm³/mol. The molecule has 0 aromatic heterocycles. The van der Waals surface area contributed by atoms with E-state index in [4.69, 9.17) is 15.7 Å². The molecular formula is C9H10BrClN2O. The number of hydrogen-bond donors (Lipinski definition) is 1. The first kappa shape index (κ1) is 13.2. The van der Waals surface area contributed by atoms with Crippen molar-refractivity contribution in [3.8, 4) is 11.8 Å². The van der Waals surface area contributed by atoms with E-state index >= 15 is 0 Å². The topological polar surface area (TPSA) is 59.0 Å². The highest BCUT2D eigenvalue weighted by Crippen LogP contribution is 2.21. The van der Waals surface area contributed by atoms with Crippen LogP contribution in [0.3, 0.4) is 0 Å². The summed E-state index contributed by atoms with van der Waals surface area (Å²) in [5, 5.41) is 8.71. The molecule has 0 aliphatic heterocycles. The quantitative estimate of drug-likeness (QED) is 0.920. The second-order valence-electron chi connectivity index (χ2n) is 2.39. The van der Waals surface area contributed by atoms with Gasteiger partial charge in [-0.15, -0.1) is 12.4 Å². The molecule has 0 aliphatic carbocycles. The van der Waals surface area contributed by atoms with Crippen molar-refractivity contribution in [2.24, 2.45) is 5.73 Å². The molecule has 0 atom stereocenters. The zero-order valence-corrected chi connectivity index (χ0v) is 9.77. The largest absolute Gasteiger partial charge is 0.492 e. The smallest absolute Gasteiger partial charge is 0.120 e. The van der Waals surface area contributed by atoms with Gasteiger partial charge in [-0.1, -0.05) is 0 Å². The fourth-order valence-corrected chi connectivity index (χ4v) is 1.19. The summed E-state index contributed by atoms with van der Waals surface area (Å²) in [7, 11) is 0. The Morgan fingerprint density at radius 1 is 1.50 bits per heavy atom. The van der Waals surface area contributed by atoms with Crippen LogP contribution in [0.5, 0.6) is 5.75 Å². The first-order valence-electron chi connectivity index (χ1n) is 3.80. The fraction of sp³-hybridized carbons (Fsp3) is 0.222. The van der Waals surface area contributed by atoms with Gasteiger partial charge in [0.05, 0.1) is 5.56 Å². The second-order valence-corrected chi connectivity index (χ2v) is 3.24. The Hall–Kier alpha value is -0.760. The lowest BCUT2D eigenvalue weighted by atomic mass is 10.2. The molecular weight excluding hydrogens is 267 g/mol. The number of ether oxygens (including phenoxy) is 1. The lowest BCUT2D eigenvalue weighted by Gasteiger charge is -2.04. The first-order chi connectivity index (χ1) is 6.27. The van der Waals surface area contributed by atoms with Crippen LogP contribution in [0.25, 0.3) is 0 Å². The van der Waals surface area contributed by atoms with Crippen molar-refractivity contribution < 1.29 is 4.74 Å². The summed E-state index contributed by atoms with van der Waals surface area (Å²) in [6.45, 7) is 0.935. The number of halogens is 2. The van der Waals surface area contributed by atoms with Crippen LogP contribution in [0.2, 0.25) is 0 Å². The van der Waals surface area contributed by atoms with E-state index in [-0.39, 0.29) is 12.4 Å². The molecule has 76 valence electrons. The third-order valence-electron chi connectivity index (χ3n) is 1.44. The molecule has 0 aliphatic rings. The van der Waals surface area contributed by atoms with Crippen molar-refractivity contribution in [1.29, 1.82) is 5.26 Å². The minimum absolute atomic E-state index is 0. The lowest BCUT2D eigenvalue weighted by Crippen LogP contribution is -2.10. The van der Waals surface area contributed by atoms with Crippen LogP contribution >= 0.6 is 28.3 Å². The van der Waals surface area contributed by atoms with E-state index in [1.54, 1.807) is 18.2 Å². The molecule has 0 saturated heterocycles. The van der Waals surface area contributed by atoms with Crippen LogP contribution in [0.1, 0.15) is 5.56 Å².